The van der Waals surface area contributed by atoms with Crippen molar-refractivity contribution in [1.29, 1.82) is 0 Å². The first kappa shape index (κ1) is 22.1. The van der Waals surface area contributed by atoms with Crippen LogP contribution in [-0.2, 0) is 14.3 Å². The van der Waals surface area contributed by atoms with Gasteiger partial charge in [0.2, 0.25) is 11.8 Å². The molecule has 0 saturated carbocycles. The normalized spacial score (nSPS) is 21.8. The Hall–Kier alpha value is -2.18. The molecular weight excluding hydrogens is 356 g/mol. The standard InChI is InChI=1S/C22H32N2O4/c1-6-7-17-8-10-18(11-9-17)22-19(24(16(4)26)20(22)13-25)12-23(15(2)3)21(27)14-28-5/h6-11,15,19-20,22,25H,12-14H2,1-5H3/b7-6+/t19-,20+,22-/m0/s1. The highest BCUT2D eigenvalue weighted by molar-refractivity contribution is 5.79. The average molecular weight is 389 g/mol. The number of aliphatic hydroxyl groups is 1. The molecule has 0 spiro atoms. The SMILES string of the molecule is C/C=C/c1ccc([C@@H]2[C@@H](CO)N(C(C)=O)[C@H]2CN(C(=O)COC)C(C)C)cc1. The molecule has 1 heterocycles. The van der Waals surface area contributed by atoms with Gasteiger partial charge in [-0.25, -0.2) is 0 Å². The van der Waals surface area contributed by atoms with Crippen LogP contribution in [0.5, 0.6) is 0 Å². The number of likely N-dealkylation sites (tertiary alicyclic amines) is 1. The van der Waals surface area contributed by atoms with E-state index in [1.807, 2.05) is 57.2 Å². The smallest absolute Gasteiger partial charge is 0.248 e. The maximum absolute atomic E-state index is 12.5. The Bertz CT molecular complexity index is 699. The van der Waals surface area contributed by atoms with Crippen molar-refractivity contribution >= 4 is 17.9 Å². The Balaban J connectivity index is 2.32. The van der Waals surface area contributed by atoms with Gasteiger partial charge in [-0.3, -0.25) is 9.59 Å². The lowest BCUT2D eigenvalue weighted by molar-refractivity contribution is -0.154. The van der Waals surface area contributed by atoms with Gasteiger partial charge in [0.05, 0.1) is 18.7 Å². The van der Waals surface area contributed by atoms with Crippen molar-refractivity contribution in [3.05, 3.63) is 41.5 Å². The van der Waals surface area contributed by atoms with Crippen molar-refractivity contribution in [1.82, 2.24) is 9.80 Å². The molecule has 0 aliphatic carbocycles. The Morgan fingerprint density at radius 2 is 1.89 bits per heavy atom. The number of hydrogen-bond acceptors (Lipinski definition) is 4. The molecule has 0 aromatic heterocycles. The van der Waals surface area contributed by atoms with E-state index in [1.54, 1.807) is 9.80 Å². The third-order valence-corrected chi connectivity index (χ3v) is 5.37. The van der Waals surface area contributed by atoms with Crippen LogP contribution >= 0.6 is 0 Å². The van der Waals surface area contributed by atoms with Gasteiger partial charge < -0.3 is 19.6 Å². The number of rotatable bonds is 8. The fourth-order valence-corrected chi connectivity index (χ4v) is 4.09. The van der Waals surface area contributed by atoms with E-state index >= 15 is 0 Å². The molecule has 0 radical (unpaired) electrons. The van der Waals surface area contributed by atoms with Crippen molar-refractivity contribution in [2.24, 2.45) is 0 Å². The number of hydrogen-bond donors (Lipinski definition) is 1. The summed E-state index contributed by atoms with van der Waals surface area (Å²) in [5, 5.41) is 9.92. The first-order valence-electron chi connectivity index (χ1n) is 9.76. The zero-order valence-electron chi connectivity index (χ0n) is 17.5. The topological polar surface area (TPSA) is 70.1 Å². The van der Waals surface area contributed by atoms with E-state index in [0.717, 1.165) is 11.1 Å². The second kappa shape index (κ2) is 9.85. The summed E-state index contributed by atoms with van der Waals surface area (Å²) in [6.07, 6.45) is 4.01. The van der Waals surface area contributed by atoms with Crippen molar-refractivity contribution in [2.75, 3.05) is 26.9 Å². The number of allylic oxidation sites excluding steroid dienone is 1. The van der Waals surface area contributed by atoms with E-state index in [4.69, 9.17) is 4.74 Å². The number of amides is 2. The summed E-state index contributed by atoms with van der Waals surface area (Å²) in [6, 6.07) is 7.70. The molecule has 1 aliphatic heterocycles. The summed E-state index contributed by atoms with van der Waals surface area (Å²) in [4.78, 5) is 28.2. The predicted octanol–water partition coefficient (Wildman–Crippen LogP) is 2.28. The molecule has 3 atom stereocenters. The van der Waals surface area contributed by atoms with Gasteiger partial charge in [0.25, 0.3) is 0 Å². The summed E-state index contributed by atoms with van der Waals surface area (Å²) in [5.41, 5.74) is 2.17. The molecule has 154 valence electrons. The highest BCUT2D eigenvalue weighted by atomic mass is 16.5. The molecule has 1 fully saturated rings. The largest absolute Gasteiger partial charge is 0.394 e. The van der Waals surface area contributed by atoms with Crippen molar-refractivity contribution in [3.63, 3.8) is 0 Å². The molecule has 0 bridgehead atoms. The highest BCUT2D eigenvalue weighted by Gasteiger charge is 2.51. The van der Waals surface area contributed by atoms with Crippen LogP contribution in [0.2, 0.25) is 0 Å². The van der Waals surface area contributed by atoms with Gasteiger partial charge in [-0.1, -0.05) is 36.4 Å². The number of methoxy groups -OCH3 is 1. The summed E-state index contributed by atoms with van der Waals surface area (Å²) >= 11 is 0. The fourth-order valence-electron chi connectivity index (χ4n) is 4.09. The lowest BCUT2D eigenvalue weighted by Crippen LogP contribution is -2.68. The summed E-state index contributed by atoms with van der Waals surface area (Å²) in [5.74, 6) is -0.213. The van der Waals surface area contributed by atoms with Crippen molar-refractivity contribution < 1.29 is 19.4 Å². The lowest BCUT2D eigenvalue weighted by Gasteiger charge is -2.56. The van der Waals surface area contributed by atoms with Crippen molar-refractivity contribution in [3.8, 4) is 0 Å². The zero-order chi connectivity index (χ0) is 20.8. The third kappa shape index (κ3) is 4.62. The first-order valence-corrected chi connectivity index (χ1v) is 9.76. The Kier molecular flexibility index (Phi) is 7.78. The van der Waals surface area contributed by atoms with E-state index in [9.17, 15) is 14.7 Å². The molecule has 1 aliphatic rings. The van der Waals surface area contributed by atoms with E-state index in [-0.39, 0.29) is 49.1 Å². The van der Waals surface area contributed by atoms with Gasteiger partial charge >= 0.3 is 0 Å². The molecule has 6 heteroatoms. The van der Waals surface area contributed by atoms with Gasteiger partial charge in [0.15, 0.2) is 0 Å². The quantitative estimate of drug-likeness (QED) is 0.742. The van der Waals surface area contributed by atoms with Crippen LogP contribution in [0.25, 0.3) is 6.08 Å². The number of benzene rings is 1. The van der Waals surface area contributed by atoms with E-state index < -0.39 is 0 Å². The molecular formula is C22H32N2O4. The minimum absolute atomic E-state index is 0.0110. The molecule has 2 rings (SSSR count). The van der Waals surface area contributed by atoms with Crippen LogP contribution in [0.4, 0.5) is 0 Å². The second-order valence-electron chi connectivity index (χ2n) is 7.51. The molecule has 28 heavy (non-hydrogen) atoms. The van der Waals surface area contributed by atoms with Gasteiger partial charge in [-0.15, -0.1) is 0 Å². The highest BCUT2D eigenvalue weighted by Crippen LogP contribution is 2.41. The van der Waals surface area contributed by atoms with Gasteiger partial charge in [-0.2, -0.15) is 0 Å². The Morgan fingerprint density at radius 1 is 1.25 bits per heavy atom. The third-order valence-electron chi connectivity index (χ3n) is 5.37. The monoisotopic (exact) mass is 388 g/mol. The van der Waals surface area contributed by atoms with Crippen molar-refractivity contribution in [2.45, 2.75) is 51.7 Å². The van der Waals surface area contributed by atoms with Gasteiger partial charge in [0, 0.05) is 32.5 Å². The fraction of sp³-hybridized carbons (Fsp3) is 0.545. The van der Waals surface area contributed by atoms with Gasteiger partial charge in [-0.05, 0) is 31.9 Å². The maximum Gasteiger partial charge on any atom is 0.248 e. The van der Waals surface area contributed by atoms with Crippen LogP contribution in [0.3, 0.4) is 0 Å². The van der Waals surface area contributed by atoms with Crippen LogP contribution < -0.4 is 0 Å². The van der Waals surface area contributed by atoms with E-state index in [2.05, 4.69) is 0 Å². The molecule has 1 saturated heterocycles. The average Bonchev–Trinajstić information content (AvgIpc) is 2.62. The molecule has 1 aromatic rings. The molecule has 6 nitrogen and oxygen atoms in total. The maximum atomic E-state index is 12.5. The van der Waals surface area contributed by atoms with Crippen LogP contribution in [0, 0.1) is 0 Å². The van der Waals surface area contributed by atoms with E-state index in [0.29, 0.717) is 6.54 Å². The summed E-state index contributed by atoms with van der Waals surface area (Å²) < 4.78 is 5.01. The second-order valence-corrected chi connectivity index (χ2v) is 7.51. The van der Waals surface area contributed by atoms with E-state index in [1.165, 1.54) is 14.0 Å². The number of nitrogens with zero attached hydrogens (tertiary/aromatic N) is 2. The summed E-state index contributed by atoms with van der Waals surface area (Å²) in [6.45, 7) is 7.71. The number of aliphatic hydroxyl groups excluding tert-OH is 1. The Morgan fingerprint density at radius 3 is 2.36 bits per heavy atom. The first-order chi connectivity index (χ1) is 13.3. The molecule has 2 amide bonds. The molecule has 0 unspecified atom stereocenters. The van der Waals surface area contributed by atoms with Gasteiger partial charge in [0.1, 0.15) is 6.61 Å². The lowest BCUT2D eigenvalue weighted by atomic mass is 9.74. The van der Waals surface area contributed by atoms with Crippen LogP contribution in [0.1, 0.15) is 44.7 Å². The van der Waals surface area contributed by atoms with Crippen LogP contribution in [-0.4, -0.2) is 71.7 Å². The number of carbonyl (C=O) groups is 2. The minimum Gasteiger partial charge on any atom is -0.394 e. The Labute approximate surface area is 167 Å². The minimum atomic E-state index is -0.276. The summed E-state index contributed by atoms with van der Waals surface area (Å²) in [7, 11) is 1.50. The molecule has 1 aromatic carbocycles. The number of ether oxygens (including phenoxy) is 1. The van der Waals surface area contributed by atoms with Crippen LogP contribution in [0.15, 0.2) is 30.3 Å². The number of carbonyl (C=O) groups excluding carboxylic acids is 2. The predicted molar refractivity (Wildman–Crippen MR) is 110 cm³/mol. The molecule has 1 N–H and O–H groups in total. The zero-order valence-corrected chi connectivity index (χ0v) is 17.5.